The molecule has 5 nitrogen and oxygen atoms in total. The van der Waals surface area contributed by atoms with Gasteiger partial charge >= 0.3 is 0 Å². The van der Waals surface area contributed by atoms with E-state index in [9.17, 15) is 0 Å². The minimum absolute atomic E-state index is 0. The maximum Gasteiger partial charge on any atom is 0.240 e. The molecule has 1 unspecified atom stereocenters. The SMILES string of the molecule is CCC(c1ccccc1)N(CC)Cc1noc(CN)n1.Cl. The molecule has 0 amide bonds. The average molecular weight is 311 g/mol. The highest BCUT2D eigenvalue weighted by atomic mass is 35.5. The van der Waals surface area contributed by atoms with Gasteiger partial charge in [0.05, 0.1) is 13.1 Å². The Labute approximate surface area is 131 Å². The van der Waals surface area contributed by atoms with Crippen molar-refractivity contribution < 1.29 is 4.52 Å². The van der Waals surface area contributed by atoms with Crippen molar-refractivity contribution in [3.05, 3.63) is 47.6 Å². The highest BCUT2D eigenvalue weighted by Gasteiger charge is 2.19. The Balaban J connectivity index is 0.00000220. The average Bonchev–Trinajstić information content (AvgIpc) is 2.96. The van der Waals surface area contributed by atoms with Crippen LogP contribution in [0.2, 0.25) is 0 Å². The lowest BCUT2D eigenvalue weighted by atomic mass is 10.0. The van der Waals surface area contributed by atoms with Crippen LogP contribution in [-0.4, -0.2) is 21.6 Å². The molecule has 2 aromatic rings. The van der Waals surface area contributed by atoms with Crippen LogP contribution in [0.15, 0.2) is 34.9 Å². The van der Waals surface area contributed by atoms with Gasteiger partial charge in [0.1, 0.15) is 0 Å². The maximum atomic E-state index is 5.49. The van der Waals surface area contributed by atoms with E-state index in [0.29, 0.717) is 24.3 Å². The normalized spacial score (nSPS) is 12.2. The van der Waals surface area contributed by atoms with E-state index in [-0.39, 0.29) is 19.0 Å². The van der Waals surface area contributed by atoms with Gasteiger partial charge in [-0.1, -0.05) is 49.3 Å². The van der Waals surface area contributed by atoms with Gasteiger partial charge in [0.2, 0.25) is 5.89 Å². The van der Waals surface area contributed by atoms with Gasteiger partial charge in [0.25, 0.3) is 0 Å². The minimum atomic E-state index is 0. The molecule has 0 fully saturated rings. The van der Waals surface area contributed by atoms with E-state index in [1.807, 2.05) is 6.07 Å². The van der Waals surface area contributed by atoms with Crippen LogP contribution in [0, 0.1) is 0 Å². The topological polar surface area (TPSA) is 68.2 Å². The van der Waals surface area contributed by atoms with Gasteiger partial charge in [-0.25, -0.2) is 0 Å². The van der Waals surface area contributed by atoms with Crippen molar-refractivity contribution in [2.24, 2.45) is 5.73 Å². The van der Waals surface area contributed by atoms with E-state index in [1.54, 1.807) is 0 Å². The third-order valence-electron chi connectivity index (χ3n) is 3.45. The molecule has 0 aliphatic heterocycles. The number of halogens is 1. The van der Waals surface area contributed by atoms with Gasteiger partial charge in [0.15, 0.2) is 5.82 Å². The summed E-state index contributed by atoms with van der Waals surface area (Å²) >= 11 is 0. The van der Waals surface area contributed by atoms with Crippen LogP contribution in [0.4, 0.5) is 0 Å². The predicted molar refractivity (Wildman–Crippen MR) is 85.0 cm³/mol. The largest absolute Gasteiger partial charge is 0.338 e. The Morgan fingerprint density at radius 2 is 1.95 bits per heavy atom. The van der Waals surface area contributed by atoms with Gasteiger partial charge in [-0.15, -0.1) is 12.4 Å². The lowest BCUT2D eigenvalue weighted by molar-refractivity contribution is 0.186. The molecule has 116 valence electrons. The van der Waals surface area contributed by atoms with Crippen LogP contribution in [0.25, 0.3) is 0 Å². The van der Waals surface area contributed by atoms with Crippen molar-refractivity contribution in [1.29, 1.82) is 0 Å². The predicted octanol–water partition coefficient (Wildman–Crippen LogP) is 2.92. The number of hydrogen-bond acceptors (Lipinski definition) is 5. The molecule has 0 saturated heterocycles. The minimum Gasteiger partial charge on any atom is -0.338 e. The number of nitrogens with zero attached hydrogens (tertiary/aromatic N) is 3. The second kappa shape index (κ2) is 8.77. The van der Waals surface area contributed by atoms with E-state index in [4.69, 9.17) is 10.3 Å². The van der Waals surface area contributed by atoms with Gasteiger partial charge in [-0.2, -0.15) is 4.98 Å². The summed E-state index contributed by atoms with van der Waals surface area (Å²) in [7, 11) is 0. The Bertz CT molecular complexity index is 517. The first-order valence-corrected chi connectivity index (χ1v) is 7.09. The molecule has 2 rings (SSSR count). The first-order chi connectivity index (χ1) is 9.78. The molecule has 21 heavy (non-hydrogen) atoms. The smallest absolute Gasteiger partial charge is 0.240 e. The van der Waals surface area contributed by atoms with Gasteiger partial charge in [-0.05, 0) is 18.5 Å². The summed E-state index contributed by atoms with van der Waals surface area (Å²) in [5.41, 5.74) is 6.81. The molecule has 1 aromatic carbocycles. The lowest BCUT2D eigenvalue weighted by Crippen LogP contribution is -2.28. The van der Waals surface area contributed by atoms with Crippen LogP contribution in [0.5, 0.6) is 0 Å². The summed E-state index contributed by atoms with van der Waals surface area (Å²) < 4.78 is 5.07. The second-order valence-corrected chi connectivity index (χ2v) is 4.71. The zero-order valence-electron chi connectivity index (χ0n) is 12.5. The number of aromatic nitrogens is 2. The van der Waals surface area contributed by atoms with Crippen LogP contribution < -0.4 is 5.73 Å². The van der Waals surface area contributed by atoms with E-state index in [1.165, 1.54) is 5.56 Å². The zero-order chi connectivity index (χ0) is 14.4. The Hall–Kier alpha value is -1.43. The molecule has 0 bridgehead atoms. The zero-order valence-corrected chi connectivity index (χ0v) is 13.3. The van der Waals surface area contributed by atoms with Crippen molar-refractivity contribution in [3.63, 3.8) is 0 Å². The monoisotopic (exact) mass is 310 g/mol. The van der Waals surface area contributed by atoms with Gasteiger partial charge in [-0.3, -0.25) is 4.90 Å². The molecule has 2 N–H and O–H groups in total. The highest BCUT2D eigenvalue weighted by Crippen LogP contribution is 2.25. The summed E-state index contributed by atoms with van der Waals surface area (Å²) in [6.07, 6.45) is 1.04. The first kappa shape index (κ1) is 17.6. The van der Waals surface area contributed by atoms with Crippen molar-refractivity contribution in [1.82, 2.24) is 15.0 Å². The second-order valence-electron chi connectivity index (χ2n) is 4.71. The first-order valence-electron chi connectivity index (χ1n) is 7.09. The standard InChI is InChI=1S/C15H22N4O.ClH/c1-3-13(12-8-6-5-7-9-12)19(4-2)11-14-17-15(10-16)20-18-14;/h5-9,13H,3-4,10-11,16H2,1-2H3;1H. The molecule has 0 spiro atoms. The molecular formula is C15H23ClN4O. The van der Waals surface area contributed by atoms with Gasteiger partial charge < -0.3 is 10.3 Å². The van der Waals surface area contributed by atoms with E-state index in [2.05, 4.69) is 53.2 Å². The summed E-state index contributed by atoms with van der Waals surface area (Å²) in [4.78, 5) is 6.63. The number of nitrogens with two attached hydrogens (primary N) is 1. The maximum absolute atomic E-state index is 5.49. The molecule has 1 aromatic heterocycles. The van der Waals surface area contributed by atoms with Crippen molar-refractivity contribution in [3.8, 4) is 0 Å². The number of benzene rings is 1. The molecular weight excluding hydrogens is 288 g/mol. The summed E-state index contributed by atoms with van der Waals surface area (Å²) in [6, 6.07) is 10.9. The van der Waals surface area contributed by atoms with Crippen LogP contribution >= 0.6 is 12.4 Å². The van der Waals surface area contributed by atoms with Gasteiger partial charge in [0, 0.05) is 6.04 Å². The molecule has 0 aliphatic carbocycles. The van der Waals surface area contributed by atoms with E-state index >= 15 is 0 Å². The number of rotatable bonds is 7. The molecule has 0 saturated carbocycles. The molecule has 0 radical (unpaired) electrons. The van der Waals surface area contributed by atoms with Crippen LogP contribution in [0.1, 0.15) is 43.6 Å². The fraction of sp³-hybridized carbons (Fsp3) is 0.467. The fourth-order valence-electron chi connectivity index (χ4n) is 2.44. The van der Waals surface area contributed by atoms with Crippen molar-refractivity contribution >= 4 is 12.4 Å². The summed E-state index contributed by atoms with van der Waals surface area (Å²) in [6.45, 7) is 6.24. The Morgan fingerprint density at radius 3 is 2.48 bits per heavy atom. The third-order valence-corrected chi connectivity index (χ3v) is 3.45. The van der Waals surface area contributed by atoms with Crippen LogP contribution in [-0.2, 0) is 13.1 Å². The molecule has 0 aliphatic rings. The summed E-state index contributed by atoms with van der Waals surface area (Å²) in [5.74, 6) is 1.19. The Morgan fingerprint density at radius 1 is 1.24 bits per heavy atom. The highest BCUT2D eigenvalue weighted by molar-refractivity contribution is 5.85. The van der Waals surface area contributed by atoms with Crippen molar-refractivity contribution in [2.45, 2.75) is 39.4 Å². The third kappa shape index (κ3) is 4.52. The fourth-order valence-corrected chi connectivity index (χ4v) is 2.44. The van der Waals surface area contributed by atoms with E-state index in [0.717, 1.165) is 13.0 Å². The Kier molecular flexibility index (Phi) is 7.36. The number of hydrogen-bond donors (Lipinski definition) is 1. The lowest BCUT2D eigenvalue weighted by Gasteiger charge is -2.29. The quantitative estimate of drug-likeness (QED) is 0.851. The van der Waals surface area contributed by atoms with Crippen molar-refractivity contribution in [2.75, 3.05) is 6.54 Å². The summed E-state index contributed by atoms with van der Waals surface area (Å²) in [5, 5.41) is 3.98. The molecule has 6 heteroatoms. The van der Waals surface area contributed by atoms with Crippen LogP contribution in [0.3, 0.4) is 0 Å². The van der Waals surface area contributed by atoms with E-state index < -0.39 is 0 Å². The molecule has 1 heterocycles. The molecule has 1 atom stereocenters.